The molecule has 5 heteroatoms. The first-order valence-electron chi connectivity index (χ1n) is 12.9. The Morgan fingerprint density at radius 1 is 0.871 bits per heavy atom. The summed E-state index contributed by atoms with van der Waals surface area (Å²) in [5.41, 5.74) is -0.650. The van der Waals surface area contributed by atoms with Gasteiger partial charge in [-0.1, -0.05) is 90.9 Å². The van der Waals surface area contributed by atoms with Crippen LogP contribution in [0.15, 0.2) is 0 Å². The zero-order chi connectivity index (χ0) is 23.0. The van der Waals surface area contributed by atoms with E-state index >= 15 is 0 Å². The van der Waals surface area contributed by atoms with Crippen LogP contribution in [0, 0.1) is 11.3 Å². The Kier molecular flexibility index (Phi) is 14.7. The molecule has 0 radical (unpaired) electrons. The quantitative estimate of drug-likeness (QED) is 0.196. The molecule has 31 heavy (non-hydrogen) atoms. The number of hydrogen-bond acceptors (Lipinski definition) is 5. The molecule has 0 unspecified atom stereocenters. The van der Waals surface area contributed by atoms with Gasteiger partial charge in [0.25, 0.3) is 0 Å². The zero-order valence-corrected chi connectivity index (χ0v) is 20.9. The van der Waals surface area contributed by atoms with E-state index in [-0.39, 0.29) is 19.2 Å². The number of aliphatic hydroxyl groups excluding tert-OH is 1. The number of hydrogen-bond donors (Lipinski definition) is 1. The van der Waals surface area contributed by atoms with Gasteiger partial charge in [0.1, 0.15) is 6.61 Å². The first-order chi connectivity index (χ1) is 14.9. The molecular weight excluding hydrogens is 392 g/mol. The number of aliphatic hydroxyl groups is 1. The number of ether oxygens (including phenoxy) is 3. The first-order valence-corrected chi connectivity index (χ1v) is 12.9. The molecule has 1 fully saturated rings. The Labute approximate surface area is 191 Å². The van der Waals surface area contributed by atoms with Gasteiger partial charge in [0.05, 0.1) is 25.2 Å². The summed E-state index contributed by atoms with van der Waals surface area (Å²) in [5.74, 6) is -0.200. The van der Waals surface area contributed by atoms with Crippen LogP contribution in [0.4, 0.5) is 0 Å². The van der Waals surface area contributed by atoms with Crippen molar-refractivity contribution in [2.75, 3.05) is 26.4 Å². The third-order valence-corrected chi connectivity index (χ3v) is 6.52. The van der Waals surface area contributed by atoms with Crippen LogP contribution in [-0.2, 0) is 19.0 Å². The summed E-state index contributed by atoms with van der Waals surface area (Å²) in [5, 5.41) is 9.81. The van der Waals surface area contributed by atoms with Crippen molar-refractivity contribution < 1.29 is 24.1 Å². The maximum Gasteiger partial charge on any atom is 0.305 e. The van der Waals surface area contributed by atoms with E-state index in [0.29, 0.717) is 25.6 Å². The molecule has 0 aromatic carbocycles. The van der Waals surface area contributed by atoms with E-state index in [9.17, 15) is 9.90 Å². The van der Waals surface area contributed by atoms with Crippen molar-refractivity contribution in [3.05, 3.63) is 0 Å². The van der Waals surface area contributed by atoms with E-state index in [0.717, 1.165) is 6.42 Å². The van der Waals surface area contributed by atoms with E-state index in [2.05, 4.69) is 13.8 Å². The second-order valence-electron chi connectivity index (χ2n) is 10.1. The molecule has 0 saturated carbocycles. The average molecular weight is 443 g/mol. The lowest BCUT2D eigenvalue weighted by atomic mass is 9.90. The molecule has 1 rings (SSSR count). The normalized spacial score (nSPS) is 17.7. The summed E-state index contributed by atoms with van der Waals surface area (Å²) in [7, 11) is 0. The first kappa shape index (κ1) is 28.4. The van der Waals surface area contributed by atoms with Crippen LogP contribution >= 0.6 is 0 Å². The molecule has 1 aliphatic heterocycles. The van der Waals surface area contributed by atoms with Gasteiger partial charge in [0.15, 0.2) is 5.79 Å². The minimum Gasteiger partial charge on any atom is -0.465 e. The summed E-state index contributed by atoms with van der Waals surface area (Å²) >= 11 is 0. The third-order valence-electron chi connectivity index (χ3n) is 6.52. The molecule has 5 nitrogen and oxygen atoms in total. The standard InChI is InChI=1S/C26H50O5/c1-5-7-9-11-13-15-23(16-14-12-10-8-6-2)17-18-24(28)29-20-26(19-27)21-30-25(3,4)31-22-26/h23,27H,5-22H2,1-4H3. The monoisotopic (exact) mass is 442 g/mol. The Morgan fingerprint density at radius 3 is 1.87 bits per heavy atom. The topological polar surface area (TPSA) is 65.0 Å². The predicted octanol–water partition coefficient (Wildman–Crippen LogP) is 6.41. The molecule has 0 aliphatic carbocycles. The molecule has 1 heterocycles. The van der Waals surface area contributed by atoms with Crippen molar-refractivity contribution in [1.82, 2.24) is 0 Å². The molecular formula is C26H50O5. The zero-order valence-electron chi connectivity index (χ0n) is 20.9. The summed E-state index contributed by atoms with van der Waals surface area (Å²) in [6.45, 7) is 8.90. The number of unbranched alkanes of at least 4 members (excludes halogenated alkanes) is 8. The van der Waals surface area contributed by atoms with Crippen molar-refractivity contribution in [2.24, 2.45) is 11.3 Å². The molecule has 1 saturated heterocycles. The van der Waals surface area contributed by atoms with E-state index in [1.54, 1.807) is 0 Å². The highest BCUT2D eigenvalue weighted by Crippen LogP contribution is 2.30. The smallest absolute Gasteiger partial charge is 0.305 e. The van der Waals surface area contributed by atoms with Gasteiger partial charge in [-0.3, -0.25) is 4.79 Å². The lowest BCUT2D eigenvalue weighted by Crippen LogP contribution is -2.51. The number of rotatable bonds is 18. The van der Waals surface area contributed by atoms with Crippen LogP contribution in [0.1, 0.15) is 118 Å². The van der Waals surface area contributed by atoms with Crippen LogP contribution in [0.3, 0.4) is 0 Å². The van der Waals surface area contributed by atoms with Gasteiger partial charge in [0.2, 0.25) is 0 Å². The van der Waals surface area contributed by atoms with E-state index in [1.807, 2.05) is 13.8 Å². The van der Waals surface area contributed by atoms with Gasteiger partial charge in [-0.15, -0.1) is 0 Å². The Morgan fingerprint density at radius 2 is 1.39 bits per heavy atom. The minimum absolute atomic E-state index is 0.117. The highest BCUT2D eigenvalue weighted by atomic mass is 16.7. The Balaban J connectivity index is 2.37. The van der Waals surface area contributed by atoms with Crippen molar-refractivity contribution >= 4 is 5.97 Å². The van der Waals surface area contributed by atoms with Crippen LogP contribution in [-0.4, -0.2) is 43.3 Å². The molecule has 0 aromatic rings. The van der Waals surface area contributed by atoms with Crippen LogP contribution in [0.2, 0.25) is 0 Å². The van der Waals surface area contributed by atoms with E-state index in [1.165, 1.54) is 77.0 Å². The summed E-state index contributed by atoms with van der Waals surface area (Å²) in [4.78, 5) is 12.4. The van der Waals surface area contributed by atoms with Gasteiger partial charge in [-0.25, -0.2) is 0 Å². The van der Waals surface area contributed by atoms with Gasteiger partial charge >= 0.3 is 5.97 Å². The fraction of sp³-hybridized carbons (Fsp3) is 0.962. The maximum absolute atomic E-state index is 12.4. The summed E-state index contributed by atoms with van der Waals surface area (Å²) < 4.78 is 16.9. The van der Waals surface area contributed by atoms with Crippen LogP contribution in [0.5, 0.6) is 0 Å². The molecule has 0 bridgehead atoms. The van der Waals surface area contributed by atoms with Gasteiger partial charge in [0, 0.05) is 6.42 Å². The summed E-state index contributed by atoms with van der Waals surface area (Å²) in [6, 6.07) is 0. The number of carbonyl (C=O) groups excluding carboxylic acids is 1. The largest absolute Gasteiger partial charge is 0.465 e. The highest BCUT2D eigenvalue weighted by Gasteiger charge is 2.41. The second kappa shape index (κ2) is 16.0. The Hall–Kier alpha value is -0.650. The van der Waals surface area contributed by atoms with Crippen molar-refractivity contribution in [2.45, 2.75) is 123 Å². The van der Waals surface area contributed by atoms with E-state index in [4.69, 9.17) is 14.2 Å². The van der Waals surface area contributed by atoms with E-state index < -0.39 is 11.2 Å². The van der Waals surface area contributed by atoms with Gasteiger partial charge in [-0.2, -0.15) is 0 Å². The lowest BCUT2D eigenvalue weighted by molar-refractivity contribution is -0.295. The van der Waals surface area contributed by atoms with Crippen LogP contribution in [0.25, 0.3) is 0 Å². The fourth-order valence-electron chi connectivity index (χ4n) is 4.09. The van der Waals surface area contributed by atoms with Crippen molar-refractivity contribution in [1.29, 1.82) is 0 Å². The third kappa shape index (κ3) is 12.8. The molecule has 0 amide bonds. The van der Waals surface area contributed by atoms with Gasteiger partial charge in [-0.05, 0) is 26.2 Å². The molecule has 0 aromatic heterocycles. The molecule has 1 aliphatic rings. The SMILES string of the molecule is CCCCCCCC(CCCCCCC)CCC(=O)OCC1(CO)COC(C)(C)OC1. The molecule has 0 spiro atoms. The highest BCUT2D eigenvalue weighted by molar-refractivity contribution is 5.69. The lowest BCUT2D eigenvalue weighted by Gasteiger charge is -2.41. The van der Waals surface area contributed by atoms with Crippen LogP contribution < -0.4 is 0 Å². The Bertz CT molecular complexity index is 439. The second-order valence-corrected chi connectivity index (χ2v) is 10.1. The molecule has 184 valence electrons. The summed E-state index contributed by atoms with van der Waals surface area (Å²) in [6.07, 6.45) is 16.8. The minimum atomic E-state index is -0.650. The maximum atomic E-state index is 12.4. The van der Waals surface area contributed by atoms with Crippen molar-refractivity contribution in [3.8, 4) is 0 Å². The van der Waals surface area contributed by atoms with Crippen molar-refractivity contribution in [3.63, 3.8) is 0 Å². The average Bonchev–Trinajstić information content (AvgIpc) is 2.76. The number of carbonyl (C=O) groups is 1. The van der Waals surface area contributed by atoms with Gasteiger partial charge < -0.3 is 19.3 Å². The molecule has 1 N–H and O–H groups in total. The number of esters is 1. The molecule has 0 atom stereocenters. The predicted molar refractivity (Wildman–Crippen MR) is 126 cm³/mol. The fourth-order valence-corrected chi connectivity index (χ4v) is 4.09.